The van der Waals surface area contributed by atoms with Crippen LogP contribution in [0.2, 0.25) is 0 Å². The summed E-state index contributed by atoms with van der Waals surface area (Å²) in [4.78, 5) is 10.9. The van der Waals surface area contributed by atoms with Crippen LogP contribution in [-0.2, 0) is 11.1 Å². The van der Waals surface area contributed by atoms with E-state index < -0.39 is 22.8 Å². The molecule has 224 valence electrons. The summed E-state index contributed by atoms with van der Waals surface area (Å²) in [6.07, 6.45) is 5.93. The van der Waals surface area contributed by atoms with Crippen molar-refractivity contribution in [3.63, 3.8) is 0 Å². The summed E-state index contributed by atoms with van der Waals surface area (Å²) < 4.78 is 70.1. The maximum Gasteiger partial charge on any atom is 0.573 e. The molecule has 4 aromatic rings. The number of aromatic amines is 1. The molecular formula is C29H32F3N5O4S. The number of fused-ring (bicyclic) bond motifs is 3. The summed E-state index contributed by atoms with van der Waals surface area (Å²) in [7, 11) is 0. The quantitative estimate of drug-likeness (QED) is 0.235. The first-order chi connectivity index (χ1) is 20.2. The van der Waals surface area contributed by atoms with E-state index in [2.05, 4.69) is 29.8 Å². The average Bonchev–Trinajstić information content (AvgIpc) is 3.46. The van der Waals surface area contributed by atoms with Gasteiger partial charge in [0.2, 0.25) is 0 Å². The van der Waals surface area contributed by atoms with E-state index in [0.717, 1.165) is 66.9 Å². The summed E-state index contributed by atoms with van der Waals surface area (Å²) in [6, 6.07) is 7.32. The van der Waals surface area contributed by atoms with Gasteiger partial charge in [0.25, 0.3) is 0 Å². The van der Waals surface area contributed by atoms with Crippen LogP contribution in [0.5, 0.6) is 11.5 Å². The smallest absolute Gasteiger partial charge is 0.493 e. The highest BCUT2D eigenvalue weighted by Crippen LogP contribution is 2.42. The lowest BCUT2D eigenvalue weighted by molar-refractivity contribution is -0.274. The molecule has 9 nitrogen and oxygen atoms in total. The van der Waals surface area contributed by atoms with E-state index in [-0.39, 0.29) is 23.5 Å². The summed E-state index contributed by atoms with van der Waals surface area (Å²) >= 11 is -2.01. The minimum atomic E-state index is -4.74. The van der Waals surface area contributed by atoms with Crippen LogP contribution >= 0.6 is 0 Å². The first kappa shape index (κ1) is 28.8. The molecule has 0 bridgehead atoms. The van der Waals surface area contributed by atoms with Gasteiger partial charge in [-0.15, -0.1) is 13.2 Å². The average molecular weight is 604 g/mol. The fraction of sp³-hybridized carbons (Fsp3) is 0.483. The Kier molecular flexibility index (Phi) is 8.33. The molecule has 1 saturated carbocycles. The Morgan fingerprint density at radius 3 is 2.55 bits per heavy atom. The number of halogens is 3. The summed E-state index contributed by atoms with van der Waals surface area (Å²) in [6.45, 7) is 1.75. The van der Waals surface area contributed by atoms with Gasteiger partial charge in [-0.1, -0.05) is 0 Å². The lowest BCUT2D eigenvalue weighted by Crippen LogP contribution is -2.49. The number of nitrogens with zero attached hydrogens (tertiary/aromatic N) is 4. The van der Waals surface area contributed by atoms with Crippen molar-refractivity contribution in [1.29, 1.82) is 0 Å². The molecule has 13 heteroatoms. The fourth-order valence-corrected chi connectivity index (χ4v) is 7.67. The van der Waals surface area contributed by atoms with Gasteiger partial charge in [0, 0.05) is 29.4 Å². The Morgan fingerprint density at radius 2 is 1.81 bits per heavy atom. The topological polar surface area (TPSA) is 113 Å². The Morgan fingerprint density at radius 1 is 1.05 bits per heavy atom. The zero-order chi connectivity index (χ0) is 29.3. The largest absolute Gasteiger partial charge is 0.573 e. The number of ether oxygens (including phenoxy) is 2. The van der Waals surface area contributed by atoms with Crippen LogP contribution in [-0.4, -0.2) is 65.3 Å². The summed E-state index contributed by atoms with van der Waals surface area (Å²) in [5.41, 5.74) is 2.75. The lowest BCUT2D eigenvalue weighted by atomic mass is 9.77. The van der Waals surface area contributed by atoms with Crippen LogP contribution < -0.4 is 9.47 Å². The number of alkyl halides is 3. The maximum atomic E-state index is 12.7. The molecule has 2 aliphatic rings. The lowest BCUT2D eigenvalue weighted by Gasteiger charge is -2.42. The Labute approximate surface area is 243 Å². The van der Waals surface area contributed by atoms with Gasteiger partial charge >= 0.3 is 6.36 Å². The highest BCUT2D eigenvalue weighted by Gasteiger charge is 2.38. The molecule has 42 heavy (non-hydrogen) atoms. The van der Waals surface area contributed by atoms with Gasteiger partial charge in [-0.25, -0.2) is 14.2 Å². The summed E-state index contributed by atoms with van der Waals surface area (Å²) in [5.74, 6) is 0.664. The number of benzene rings is 1. The van der Waals surface area contributed by atoms with E-state index >= 15 is 0 Å². The molecule has 6 rings (SSSR count). The molecule has 0 spiro atoms. The van der Waals surface area contributed by atoms with Gasteiger partial charge in [0.1, 0.15) is 16.9 Å². The molecule has 0 radical (unpaired) electrons. The van der Waals surface area contributed by atoms with Crippen molar-refractivity contribution in [1.82, 2.24) is 25.1 Å². The van der Waals surface area contributed by atoms with Crippen molar-refractivity contribution in [3.05, 3.63) is 54.5 Å². The number of hydrogen-bond donors (Lipinski definition) is 2. The number of piperidine rings is 1. The molecule has 3 atom stereocenters. The van der Waals surface area contributed by atoms with E-state index in [4.69, 9.17) is 4.74 Å². The zero-order valence-corrected chi connectivity index (χ0v) is 23.6. The van der Waals surface area contributed by atoms with Crippen LogP contribution in [0.15, 0.2) is 48.9 Å². The van der Waals surface area contributed by atoms with Crippen molar-refractivity contribution in [2.75, 3.05) is 19.7 Å². The van der Waals surface area contributed by atoms with Crippen molar-refractivity contribution in [2.24, 2.45) is 11.8 Å². The van der Waals surface area contributed by atoms with E-state index in [1.807, 2.05) is 12.3 Å². The monoisotopic (exact) mass is 603 g/mol. The second kappa shape index (κ2) is 12.1. The SMILES string of the molecule is O=S(O)C(C1CCC(c2cn[nH]c3cnc4nccc4c23)CC1)N1CCCC(COc2ccc(OC(F)(F)F)cc2)C1. The zero-order valence-electron chi connectivity index (χ0n) is 22.8. The van der Waals surface area contributed by atoms with Crippen LogP contribution in [0.1, 0.15) is 50.0 Å². The number of likely N-dealkylation sites (tertiary alicyclic amines) is 1. The first-order valence-electron chi connectivity index (χ1n) is 14.1. The highest BCUT2D eigenvalue weighted by atomic mass is 32.2. The number of nitrogens with one attached hydrogen (secondary N) is 1. The molecule has 1 aliphatic carbocycles. The van der Waals surface area contributed by atoms with Crippen LogP contribution in [0.25, 0.3) is 21.9 Å². The number of H-pyrrole nitrogens is 1. The third-order valence-electron chi connectivity index (χ3n) is 8.49. The number of hydrogen-bond acceptors (Lipinski definition) is 7. The summed E-state index contributed by atoms with van der Waals surface area (Å²) in [5, 5.41) is 9.06. The Hall–Kier alpha value is -3.29. The van der Waals surface area contributed by atoms with E-state index in [9.17, 15) is 21.9 Å². The number of aromatic nitrogens is 4. The third-order valence-corrected chi connectivity index (χ3v) is 9.58. The molecule has 3 aromatic heterocycles. The van der Waals surface area contributed by atoms with Gasteiger partial charge in [-0.3, -0.25) is 10.00 Å². The predicted octanol–water partition coefficient (Wildman–Crippen LogP) is 6.02. The molecular weight excluding hydrogens is 571 g/mol. The van der Waals surface area contributed by atoms with Crippen LogP contribution in [0, 0.1) is 11.8 Å². The molecule has 0 amide bonds. The van der Waals surface area contributed by atoms with Gasteiger partial charge in [0.15, 0.2) is 16.7 Å². The van der Waals surface area contributed by atoms with Crippen molar-refractivity contribution >= 4 is 33.0 Å². The van der Waals surface area contributed by atoms with Crippen molar-refractivity contribution in [2.45, 2.75) is 56.2 Å². The van der Waals surface area contributed by atoms with E-state index in [0.29, 0.717) is 24.5 Å². The van der Waals surface area contributed by atoms with Crippen molar-refractivity contribution in [3.8, 4) is 11.5 Å². The molecule has 1 aromatic carbocycles. The Balaban J connectivity index is 1.08. The second-order valence-corrected chi connectivity index (χ2v) is 12.2. The Bertz CT molecular complexity index is 1540. The minimum absolute atomic E-state index is 0.0877. The van der Waals surface area contributed by atoms with E-state index in [1.54, 1.807) is 12.4 Å². The third kappa shape index (κ3) is 6.37. The van der Waals surface area contributed by atoms with Gasteiger partial charge < -0.3 is 14.0 Å². The number of rotatable bonds is 8. The van der Waals surface area contributed by atoms with Gasteiger partial charge in [0.05, 0.1) is 24.5 Å². The number of pyridine rings is 1. The van der Waals surface area contributed by atoms with Gasteiger partial charge in [-0.2, -0.15) is 5.10 Å². The maximum absolute atomic E-state index is 12.7. The molecule has 1 saturated heterocycles. The molecule has 1 aliphatic heterocycles. The molecule has 4 heterocycles. The van der Waals surface area contributed by atoms with Gasteiger partial charge in [-0.05, 0) is 92.8 Å². The van der Waals surface area contributed by atoms with Crippen LogP contribution in [0.4, 0.5) is 13.2 Å². The van der Waals surface area contributed by atoms with Crippen molar-refractivity contribution < 1.29 is 31.4 Å². The van der Waals surface area contributed by atoms with Crippen LogP contribution in [0.3, 0.4) is 0 Å². The predicted molar refractivity (Wildman–Crippen MR) is 151 cm³/mol. The highest BCUT2D eigenvalue weighted by molar-refractivity contribution is 7.79. The second-order valence-electron chi connectivity index (χ2n) is 11.2. The standard InChI is InChI=1S/C29H32F3N5O4S/c30-29(31,32)41-22-9-7-21(8-10-22)40-17-18-2-1-13-37(16-18)28(42(38)39)20-5-3-19(4-6-20)24-14-35-36-25-15-34-27-23(26(24)25)11-12-33-27/h7-12,14-15,18-20,28,36H,1-6,13,16-17H2,(H,38,39). The fourth-order valence-electron chi connectivity index (χ4n) is 6.62. The minimum Gasteiger partial charge on any atom is -0.493 e. The molecule has 2 N–H and O–H groups in total. The molecule has 2 fully saturated rings. The first-order valence-corrected chi connectivity index (χ1v) is 15.3. The van der Waals surface area contributed by atoms with E-state index in [1.165, 1.54) is 24.3 Å². The normalized spacial score (nSPS) is 23.6. The molecule has 3 unspecified atom stereocenters.